The number of hydrogen-bond donors (Lipinski definition) is 3. The Labute approximate surface area is 135 Å². The second-order valence-electron chi connectivity index (χ2n) is 4.93. The van der Waals surface area contributed by atoms with Crippen molar-refractivity contribution in [3.63, 3.8) is 0 Å². The zero-order chi connectivity index (χ0) is 16.5. The SMILES string of the molecule is CCOc1ccc(NC(=O)NCCC(=O)NC(C)C)cc1Cl. The summed E-state index contributed by atoms with van der Waals surface area (Å²) < 4.78 is 5.31. The quantitative estimate of drug-likeness (QED) is 0.720. The van der Waals surface area contributed by atoms with Gasteiger partial charge in [-0.1, -0.05) is 11.6 Å². The first-order valence-electron chi connectivity index (χ1n) is 7.19. The highest BCUT2D eigenvalue weighted by molar-refractivity contribution is 6.32. The monoisotopic (exact) mass is 327 g/mol. The molecule has 0 aliphatic carbocycles. The fourth-order valence-corrected chi connectivity index (χ4v) is 1.95. The van der Waals surface area contributed by atoms with Gasteiger partial charge in [0.25, 0.3) is 0 Å². The second kappa shape index (κ2) is 9.15. The molecule has 1 aromatic carbocycles. The number of nitrogens with one attached hydrogen (secondary N) is 3. The molecule has 0 spiro atoms. The number of carbonyl (C=O) groups is 2. The molecule has 0 saturated carbocycles. The third-order valence-corrected chi connectivity index (χ3v) is 2.87. The standard InChI is InChI=1S/C15H22ClN3O3/c1-4-22-13-6-5-11(9-12(13)16)19-15(21)17-8-7-14(20)18-10(2)3/h5-6,9-10H,4,7-8H2,1-3H3,(H,18,20)(H2,17,19,21). The molecule has 0 atom stereocenters. The Balaban J connectivity index is 2.39. The predicted octanol–water partition coefficient (Wildman–Crippen LogP) is 2.77. The Morgan fingerprint density at radius 2 is 2.05 bits per heavy atom. The van der Waals surface area contributed by atoms with Crippen molar-refractivity contribution in [1.82, 2.24) is 10.6 Å². The van der Waals surface area contributed by atoms with Crippen LogP contribution in [0.3, 0.4) is 0 Å². The second-order valence-corrected chi connectivity index (χ2v) is 5.34. The summed E-state index contributed by atoms with van der Waals surface area (Å²) in [5.74, 6) is 0.472. The highest BCUT2D eigenvalue weighted by Gasteiger charge is 2.07. The van der Waals surface area contributed by atoms with E-state index in [1.54, 1.807) is 18.2 Å². The van der Waals surface area contributed by atoms with Gasteiger partial charge in [0.1, 0.15) is 5.75 Å². The van der Waals surface area contributed by atoms with Crippen molar-refractivity contribution in [3.8, 4) is 5.75 Å². The highest BCUT2D eigenvalue weighted by atomic mass is 35.5. The molecular formula is C15H22ClN3O3. The number of hydrogen-bond acceptors (Lipinski definition) is 3. The minimum absolute atomic E-state index is 0.0901. The summed E-state index contributed by atoms with van der Waals surface area (Å²) in [6.07, 6.45) is 0.232. The van der Waals surface area contributed by atoms with E-state index in [2.05, 4.69) is 16.0 Å². The van der Waals surface area contributed by atoms with Crippen LogP contribution in [0.5, 0.6) is 5.75 Å². The Hall–Kier alpha value is -1.95. The van der Waals surface area contributed by atoms with E-state index < -0.39 is 6.03 Å². The van der Waals surface area contributed by atoms with Crippen molar-refractivity contribution in [2.75, 3.05) is 18.5 Å². The van der Waals surface area contributed by atoms with Crippen LogP contribution < -0.4 is 20.7 Å². The van der Waals surface area contributed by atoms with E-state index in [0.29, 0.717) is 23.1 Å². The van der Waals surface area contributed by atoms with Gasteiger partial charge >= 0.3 is 6.03 Å². The summed E-state index contributed by atoms with van der Waals surface area (Å²) in [7, 11) is 0. The molecule has 0 aliphatic heterocycles. The normalized spacial score (nSPS) is 10.2. The van der Waals surface area contributed by atoms with Gasteiger partial charge in [0, 0.05) is 24.7 Å². The zero-order valence-corrected chi connectivity index (χ0v) is 13.8. The van der Waals surface area contributed by atoms with Crippen LogP contribution in [0, 0.1) is 0 Å². The van der Waals surface area contributed by atoms with E-state index in [1.807, 2.05) is 20.8 Å². The third-order valence-electron chi connectivity index (χ3n) is 2.58. The summed E-state index contributed by atoms with van der Waals surface area (Å²) in [6.45, 7) is 6.41. The molecular weight excluding hydrogens is 306 g/mol. The van der Waals surface area contributed by atoms with Gasteiger partial charge in [-0.05, 0) is 39.0 Å². The maximum atomic E-state index is 11.7. The van der Waals surface area contributed by atoms with Crippen LogP contribution in [-0.2, 0) is 4.79 Å². The topological polar surface area (TPSA) is 79.5 Å². The molecule has 6 nitrogen and oxygen atoms in total. The molecule has 0 aromatic heterocycles. The Bertz CT molecular complexity index is 521. The largest absolute Gasteiger partial charge is 0.492 e. The Kier molecular flexibility index (Phi) is 7.52. The van der Waals surface area contributed by atoms with Gasteiger partial charge in [0.05, 0.1) is 11.6 Å². The molecule has 0 fully saturated rings. The van der Waals surface area contributed by atoms with Gasteiger partial charge in [0.15, 0.2) is 0 Å². The number of amides is 3. The summed E-state index contributed by atoms with van der Waals surface area (Å²) in [4.78, 5) is 23.1. The molecule has 1 rings (SSSR count). The molecule has 0 heterocycles. The zero-order valence-electron chi connectivity index (χ0n) is 13.0. The number of anilines is 1. The van der Waals surface area contributed by atoms with Crippen LogP contribution in [0.4, 0.5) is 10.5 Å². The number of carbonyl (C=O) groups excluding carboxylic acids is 2. The van der Waals surface area contributed by atoms with Crippen LogP contribution in [-0.4, -0.2) is 31.1 Å². The van der Waals surface area contributed by atoms with Gasteiger partial charge < -0.3 is 20.7 Å². The van der Waals surface area contributed by atoms with Gasteiger partial charge in [0.2, 0.25) is 5.91 Å². The first-order chi connectivity index (χ1) is 10.4. The number of halogens is 1. The molecule has 1 aromatic rings. The van der Waals surface area contributed by atoms with E-state index in [1.165, 1.54) is 0 Å². The number of benzene rings is 1. The molecule has 0 radical (unpaired) electrons. The highest BCUT2D eigenvalue weighted by Crippen LogP contribution is 2.27. The van der Waals surface area contributed by atoms with Crippen molar-refractivity contribution >= 4 is 29.2 Å². The minimum atomic E-state index is -0.391. The van der Waals surface area contributed by atoms with E-state index >= 15 is 0 Å². The van der Waals surface area contributed by atoms with Crippen LogP contribution in [0.15, 0.2) is 18.2 Å². The van der Waals surface area contributed by atoms with Crippen LogP contribution in [0.1, 0.15) is 27.2 Å². The molecule has 122 valence electrons. The smallest absolute Gasteiger partial charge is 0.319 e. The van der Waals surface area contributed by atoms with Gasteiger partial charge in [-0.3, -0.25) is 4.79 Å². The summed E-state index contributed by atoms with van der Waals surface area (Å²) in [6, 6.07) is 4.70. The van der Waals surface area contributed by atoms with E-state index in [-0.39, 0.29) is 24.9 Å². The lowest BCUT2D eigenvalue weighted by atomic mass is 10.3. The van der Waals surface area contributed by atoms with Crippen LogP contribution in [0.2, 0.25) is 5.02 Å². The van der Waals surface area contributed by atoms with Crippen molar-refractivity contribution in [1.29, 1.82) is 0 Å². The summed E-state index contributed by atoms with van der Waals surface area (Å²) in [5.41, 5.74) is 0.553. The average Bonchev–Trinajstić information content (AvgIpc) is 2.41. The molecule has 0 saturated heterocycles. The molecule has 0 unspecified atom stereocenters. The van der Waals surface area contributed by atoms with E-state index in [4.69, 9.17) is 16.3 Å². The minimum Gasteiger partial charge on any atom is -0.492 e. The van der Waals surface area contributed by atoms with Crippen molar-refractivity contribution in [3.05, 3.63) is 23.2 Å². The Morgan fingerprint density at radius 3 is 2.64 bits per heavy atom. The van der Waals surface area contributed by atoms with Crippen LogP contribution in [0.25, 0.3) is 0 Å². The average molecular weight is 328 g/mol. The van der Waals surface area contributed by atoms with Crippen molar-refractivity contribution in [2.45, 2.75) is 33.2 Å². The number of ether oxygens (including phenoxy) is 1. The molecule has 3 N–H and O–H groups in total. The fraction of sp³-hybridized carbons (Fsp3) is 0.467. The van der Waals surface area contributed by atoms with Gasteiger partial charge in [-0.2, -0.15) is 0 Å². The van der Waals surface area contributed by atoms with E-state index in [0.717, 1.165) is 0 Å². The first-order valence-corrected chi connectivity index (χ1v) is 7.56. The van der Waals surface area contributed by atoms with Gasteiger partial charge in [-0.25, -0.2) is 4.79 Å². The van der Waals surface area contributed by atoms with Crippen LogP contribution >= 0.6 is 11.6 Å². The van der Waals surface area contributed by atoms with Crippen molar-refractivity contribution < 1.29 is 14.3 Å². The van der Waals surface area contributed by atoms with Gasteiger partial charge in [-0.15, -0.1) is 0 Å². The van der Waals surface area contributed by atoms with E-state index in [9.17, 15) is 9.59 Å². The lowest BCUT2D eigenvalue weighted by Crippen LogP contribution is -2.35. The molecule has 0 aliphatic rings. The molecule has 3 amide bonds. The number of urea groups is 1. The summed E-state index contributed by atoms with van der Waals surface area (Å²) in [5, 5.41) is 8.43. The fourth-order valence-electron chi connectivity index (χ4n) is 1.71. The third kappa shape index (κ3) is 6.67. The maximum Gasteiger partial charge on any atom is 0.319 e. The van der Waals surface area contributed by atoms with Crippen molar-refractivity contribution in [2.24, 2.45) is 0 Å². The first kappa shape index (κ1) is 18.1. The lowest BCUT2D eigenvalue weighted by Gasteiger charge is -2.11. The predicted molar refractivity (Wildman–Crippen MR) is 87.5 cm³/mol. The number of rotatable bonds is 7. The lowest BCUT2D eigenvalue weighted by molar-refractivity contribution is -0.121. The molecule has 0 bridgehead atoms. The summed E-state index contributed by atoms with van der Waals surface area (Å²) >= 11 is 6.04. The maximum absolute atomic E-state index is 11.7. The molecule has 7 heteroatoms. The molecule has 22 heavy (non-hydrogen) atoms. The Morgan fingerprint density at radius 1 is 1.32 bits per heavy atom.